The third kappa shape index (κ3) is 3.29. The summed E-state index contributed by atoms with van der Waals surface area (Å²) in [4.78, 5) is 11.9. The Hall–Kier alpha value is -1.04. The molecule has 2 unspecified atom stereocenters. The van der Waals surface area contributed by atoms with Gasteiger partial charge in [0.1, 0.15) is 6.33 Å². The monoisotopic (exact) mass is 280 g/mol. The molecule has 3 rings (SSSR count). The molecule has 1 N–H and O–H groups in total. The lowest BCUT2D eigenvalue weighted by atomic mass is 10.1. The van der Waals surface area contributed by atoms with E-state index >= 15 is 0 Å². The van der Waals surface area contributed by atoms with Gasteiger partial charge in [0, 0.05) is 12.1 Å². The molecule has 6 heteroatoms. The fraction of sp³-hybridized carbons (Fsp3) is 0.769. The van der Waals surface area contributed by atoms with Crippen molar-refractivity contribution in [3.63, 3.8) is 0 Å². The van der Waals surface area contributed by atoms with Crippen molar-refractivity contribution < 1.29 is 4.79 Å². The van der Waals surface area contributed by atoms with Crippen molar-refractivity contribution in [1.29, 1.82) is 0 Å². The largest absolute Gasteiger partial charge is 0.353 e. The van der Waals surface area contributed by atoms with Gasteiger partial charge in [-0.05, 0) is 38.0 Å². The van der Waals surface area contributed by atoms with Gasteiger partial charge >= 0.3 is 0 Å². The van der Waals surface area contributed by atoms with Crippen LogP contribution in [-0.2, 0) is 4.79 Å². The van der Waals surface area contributed by atoms with Crippen molar-refractivity contribution in [1.82, 2.24) is 20.1 Å². The van der Waals surface area contributed by atoms with E-state index in [1.807, 2.05) is 0 Å². The molecule has 0 spiro atoms. The number of hydrogen-bond acceptors (Lipinski definition) is 4. The van der Waals surface area contributed by atoms with Gasteiger partial charge in [-0.3, -0.25) is 4.79 Å². The van der Waals surface area contributed by atoms with Crippen LogP contribution in [-0.4, -0.2) is 32.5 Å². The molecule has 1 aromatic rings. The molecule has 2 saturated carbocycles. The number of hydrogen-bond donors (Lipinski definition) is 1. The molecule has 1 amide bonds. The van der Waals surface area contributed by atoms with Crippen LogP contribution in [0.5, 0.6) is 0 Å². The number of thioether (sulfide) groups is 1. The van der Waals surface area contributed by atoms with E-state index in [1.54, 1.807) is 6.33 Å². The molecule has 1 heterocycles. The molecule has 0 saturated heterocycles. The van der Waals surface area contributed by atoms with Crippen molar-refractivity contribution in [2.75, 3.05) is 5.75 Å². The summed E-state index contributed by atoms with van der Waals surface area (Å²) >= 11 is 1.49. The number of aromatic nitrogens is 3. The Kier molecular flexibility index (Phi) is 3.77. The summed E-state index contributed by atoms with van der Waals surface area (Å²) in [6.07, 6.45) is 7.66. The van der Waals surface area contributed by atoms with Gasteiger partial charge in [-0.1, -0.05) is 18.7 Å². The number of nitrogens with zero attached hydrogens (tertiary/aromatic N) is 3. The van der Waals surface area contributed by atoms with Gasteiger partial charge in [-0.2, -0.15) is 0 Å². The Balaban J connectivity index is 1.46. The summed E-state index contributed by atoms with van der Waals surface area (Å²) in [7, 11) is 0. The Labute approximate surface area is 117 Å². The average molecular weight is 280 g/mol. The zero-order valence-electron chi connectivity index (χ0n) is 11.2. The maximum absolute atomic E-state index is 11.9. The molecule has 0 bridgehead atoms. The van der Waals surface area contributed by atoms with Crippen LogP contribution in [0.25, 0.3) is 0 Å². The summed E-state index contributed by atoms with van der Waals surface area (Å²) in [5, 5.41) is 12.0. The summed E-state index contributed by atoms with van der Waals surface area (Å²) in [5.41, 5.74) is 0. The summed E-state index contributed by atoms with van der Waals surface area (Å²) in [6.45, 7) is 2.25. The molecule has 19 heavy (non-hydrogen) atoms. The van der Waals surface area contributed by atoms with Gasteiger partial charge in [0.05, 0.1) is 5.75 Å². The van der Waals surface area contributed by atoms with E-state index < -0.39 is 0 Å². The van der Waals surface area contributed by atoms with E-state index in [0.717, 1.165) is 23.9 Å². The lowest BCUT2D eigenvalue weighted by molar-refractivity contribution is -0.119. The number of amides is 1. The van der Waals surface area contributed by atoms with E-state index in [9.17, 15) is 4.79 Å². The molecule has 1 aromatic heterocycles. The lowest BCUT2D eigenvalue weighted by Gasteiger charge is -2.12. The van der Waals surface area contributed by atoms with E-state index in [1.165, 1.54) is 31.0 Å². The van der Waals surface area contributed by atoms with Crippen LogP contribution < -0.4 is 5.32 Å². The summed E-state index contributed by atoms with van der Waals surface area (Å²) in [6, 6.07) is 0.945. The number of carbonyl (C=O) groups excluding carboxylic acids is 1. The molecule has 5 nitrogen and oxygen atoms in total. The quantitative estimate of drug-likeness (QED) is 0.838. The molecule has 2 aliphatic rings. The van der Waals surface area contributed by atoms with Crippen LogP contribution in [0.3, 0.4) is 0 Å². The zero-order valence-corrected chi connectivity index (χ0v) is 12.0. The third-order valence-corrected chi connectivity index (χ3v) is 4.83. The van der Waals surface area contributed by atoms with Gasteiger partial charge in [0.2, 0.25) is 5.91 Å². The lowest BCUT2D eigenvalue weighted by Crippen LogP contribution is -2.34. The van der Waals surface area contributed by atoms with Crippen LogP contribution in [0.1, 0.15) is 45.1 Å². The first-order chi connectivity index (χ1) is 9.22. The highest BCUT2D eigenvalue weighted by atomic mass is 32.2. The van der Waals surface area contributed by atoms with E-state index in [4.69, 9.17) is 0 Å². The molecule has 0 radical (unpaired) electrons. The number of rotatable bonds is 5. The molecule has 2 fully saturated rings. The summed E-state index contributed by atoms with van der Waals surface area (Å²) in [5.74, 6) is 1.31. The van der Waals surface area contributed by atoms with Crippen LogP contribution in [0, 0.1) is 5.92 Å². The van der Waals surface area contributed by atoms with E-state index in [2.05, 4.69) is 27.0 Å². The summed E-state index contributed by atoms with van der Waals surface area (Å²) < 4.78 is 2.09. The fourth-order valence-corrected chi connectivity index (χ4v) is 3.47. The molecular formula is C13H20N4OS. The zero-order chi connectivity index (χ0) is 13.2. The molecule has 104 valence electrons. The van der Waals surface area contributed by atoms with E-state index in [0.29, 0.717) is 17.8 Å². The Bertz CT molecular complexity index is 457. The van der Waals surface area contributed by atoms with Gasteiger partial charge in [-0.15, -0.1) is 10.2 Å². The second-order valence-corrected chi connectivity index (χ2v) is 6.67. The second kappa shape index (κ2) is 5.53. The minimum atomic E-state index is 0.120. The molecule has 0 aromatic carbocycles. The highest BCUT2D eigenvalue weighted by molar-refractivity contribution is 7.99. The first-order valence-electron chi connectivity index (χ1n) is 7.04. The second-order valence-electron chi connectivity index (χ2n) is 5.72. The van der Waals surface area contributed by atoms with Crippen LogP contribution in [0.2, 0.25) is 0 Å². The van der Waals surface area contributed by atoms with Crippen molar-refractivity contribution >= 4 is 17.7 Å². The van der Waals surface area contributed by atoms with Crippen LogP contribution in [0.4, 0.5) is 0 Å². The smallest absolute Gasteiger partial charge is 0.230 e. The highest BCUT2D eigenvalue weighted by Crippen LogP contribution is 2.37. The Morgan fingerprint density at radius 1 is 1.47 bits per heavy atom. The molecule has 0 aliphatic heterocycles. The maximum Gasteiger partial charge on any atom is 0.230 e. The predicted octanol–water partition coefficient (Wildman–Crippen LogP) is 2.01. The first-order valence-corrected chi connectivity index (χ1v) is 8.02. The van der Waals surface area contributed by atoms with Crippen molar-refractivity contribution in [3.05, 3.63) is 6.33 Å². The van der Waals surface area contributed by atoms with Gasteiger partial charge < -0.3 is 9.88 Å². The van der Waals surface area contributed by atoms with Crippen molar-refractivity contribution in [3.8, 4) is 0 Å². The number of carbonyl (C=O) groups is 1. The van der Waals surface area contributed by atoms with E-state index in [-0.39, 0.29) is 5.91 Å². The van der Waals surface area contributed by atoms with Crippen molar-refractivity contribution in [2.24, 2.45) is 5.92 Å². The minimum absolute atomic E-state index is 0.120. The Morgan fingerprint density at radius 2 is 2.32 bits per heavy atom. The number of nitrogens with one attached hydrogen (secondary N) is 1. The minimum Gasteiger partial charge on any atom is -0.353 e. The highest BCUT2D eigenvalue weighted by Gasteiger charge is 2.27. The molecular weight excluding hydrogens is 260 g/mol. The third-order valence-electron chi connectivity index (χ3n) is 3.87. The van der Waals surface area contributed by atoms with Gasteiger partial charge in [0.25, 0.3) is 0 Å². The normalized spacial score (nSPS) is 26.6. The average Bonchev–Trinajstić information content (AvgIpc) is 2.98. The van der Waals surface area contributed by atoms with Crippen LogP contribution >= 0.6 is 11.8 Å². The van der Waals surface area contributed by atoms with Gasteiger partial charge in [0.15, 0.2) is 5.16 Å². The molecule has 2 aliphatic carbocycles. The maximum atomic E-state index is 11.9. The standard InChI is InChI=1S/C13H20N4OS/c1-9-2-3-10(6-9)15-12(18)7-19-13-16-14-8-17(13)11-4-5-11/h8-11H,2-7H2,1H3,(H,15,18). The topological polar surface area (TPSA) is 59.8 Å². The first kappa shape index (κ1) is 13.0. The fourth-order valence-electron chi connectivity index (χ4n) is 2.68. The Morgan fingerprint density at radius 3 is 3.00 bits per heavy atom. The van der Waals surface area contributed by atoms with Crippen LogP contribution in [0.15, 0.2) is 11.5 Å². The van der Waals surface area contributed by atoms with Crippen molar-refractivity contribution in [2.45, 2.75) is 56.3 Å². The van der Waals surface area contributed by atoms with Gasteiger partial charge in [-0.25, -0.2) is 0 Å². The SMILES string of the molecule is CC1CCC(NC(=O)CSc2nncn2C2CC2)C1. The predicted molar refractivity (Wildman–Crippen MR) is 74.0 cm³/mol. The molecule has 2 atom stereocenters.